The second kappa shape index (κ2) is 9.17. The van der Waals surface area contributed by atoms with Gasteiger partial charge in [0.15, 0.2) is 0 Å². The zero-order valence-electron chi connectivity index (χ0n) is 18.4. The molecule has 0 radical (unpaired) electrons. The first-order valence-corrected chi connectivity index (χ1v) is 12.4. The second-order valence-corrected chi connectivity index (χ2v) is 10.2. The van der Waals surface area contributed by atoms with Gasteiger partial charge in [0.1, 0.15) is 0 Å². The number of nitrogens with one attached hydrogen (secondary N) is 1. The molecule has 0 fully saturated rings. The van der Waals surface area contributed by atoms with E-state index in [1.165, 1.54) is 9.87 Å². The molecule has 1 aliphatic heterocycles. The molecule has 1 N–H and O–H groups in total. The van der Waals surface area contributed by atoms with E-state index in [0.717, 1.165) is 24.0 Å². The van der Waals surface area contributed by atoms with Gasteiger partial charge in [-0.15, -0.1) is 0 Å². The number of fused-ring (bicyclic) bond motifs is 1. The predicted octanol–water partition coefficient (Wildman–Crippen LogP) is 4.50. The van der Waals surface area contributed by atoms with E-state index in [9.17, 15) is 13.2 Å². The maximum Gasteiger partial charge on any atom is 0.264 e. The number of carbonyl (C=O) groups excluding carboxylic acids is 1. The normalized spacial score (nSPS) is 14.1. The lowest BCUT2D eigenvalue weighted by Crippen LogP contribution is -2.33. The van der Waals surface area contributed by atoms with Gasteiger partial charge < -0.3 is 5.32 Å². The van der Waals surface area contributed by atoms with Gasteiger partial charge >= 0.3 is 0 Å². The Hall–Kier alpha value is -3.12. The summed E-state index contributed by atoms with van der Waals surface area (Å²) in [5.74, 6) is -0.131. The molecule has 0 unspecified atom stereocenters. The number of aryl methyl sites for hydroxylation is 2. The number of nitrogens with zero attached hydrogens (tertiary/aromatic N) is 1. The van der Waals surface area contributed by atoms with Crippen LogP contribution >= 0.6 is 0 Å². The van der Waals surface area contributed by atoms with Crippen molar-refractivity contribution in [3.8, 4) is 0 Å². The molecule has 1 amide bonds. The summed E-state index contributed by atoms with van der Waals surface area (Å²) in [4.78, 5) is 13.0. The van der Waals surface area contributed by atoms with Crippen molar-refractivity contribution < 1.29 is 13.2 Å². The number of hydrogen-bond acceptors (Lipinski definition) is 3. The smallest absolute Gasteiger partial charge is 0.264 e. The van der Waals surface area contributed by atoms with Crippen LogP contribution in [-0.4, -0.2) is 26.9 Å². The summed E-state index contributed by atoms with van der Waals surface area (Å²) in [5, 5.41) is 3.06. The van der Waals surface area contributed by atoms with Gasteiger partial charge in [0.2, 0.25) is 0 Å². The van der Waals surface area contributed by atoms with Crippen LogP contribution in [0, 0.1) is 6.92 Å². The van der Waals surface area contributed by atoms with Crippen molar-refractivity contribution >= 4 is 21.6 Å². The number of rotatable bonds is 7. The third kappa shape index (κ3) is 4.70. The molecule has 3 aromatic carbocycles. The van der Waals surface area contributed by atoms with Crippen LogP contribution in [0.15, 0.2) is 77.7 Å². The highest BCUT2D eigenvalue weighted by molar-refractivity contribution is 7.92. The SMILES string of the molecule is Cc1ccc(S(=O)(=O)N2CCc3cc(C(=O)N[C@@H](C)CCc4ccccc4)ccc32)cc1. The minimum atomic E-state index is -3.62. The van der Waals surface area contributed by atoms with E-state index in [2.05, 4.69) is 17.4 Å². The van der Waals surface area contributed by atoms with Crippen LogP contribution in [0.2, 0.25) is 0 Å². The molecular weight excluding hydrogens is 420 g/mol. The molecule has 1 heterocycles. The summed E-state index contributed by atoms with van der Waals surface area (Å²) < 4.78 is 27.7. The van der Waals surface area contributed by atoms with Crippen LogP contribution < -0.4 is 9.62 Å². The van der Waals surface area contributed by atoms with Gasteiger partial charge in [0.25, 0.3) is 15.9 Å². The number of hydrogen-bond donors (Lipinski definition) is 1. The first-order valence-electron chi connectivity index (χ1n) is 10.9. The van der Waals surface area contributed by atoms with Crippen molar-refractivity contribution in [2.24, 2.45) is 0 Å². The molecule has 166 valence electrons. The van der Waals surface area contributed by atoms with Crippen molar-refractivity contribution in [1.82, 2.24) is 5.32 Å². The van der Waals surface area contributed by atoms with E-state index in [1.54, 1.807) is 36.4 Å². The van der Waals surface area contributed by atoms with Crippen LogP contribution in [0.1, 0.15) is 40.4 Å². The highest BCUT2D eigenvalue weighted by Gasteiger charge is 2.31. The highest BCUT2D eigenvalue weighted by Crippen LogP contribution is 2.33. The van der Waals surface area contributed by atoms with Crippen LogP contribution in [0.4, 0.5) is 5.69 Å². The van der Waals surface area contributed by atoms with Crippen LogP contribution in [0.5, 0.6) is 0 Å². The topological polar surface area (TPSA) is 66.5 Å². The molecule has 3 aromatic rings. The molecule has 0 spiro atoms. The number of benzene rings is 3. The van der Waals surface area contributed by atoms with Crippen LogP contribution in [0.3, 0.4) is 0 Å². The maximum absolute atomic E-state index is 13.1. The standard InChI is InChI=1S/C26H28N2O3S/c1-19-8-13-24(14-9-19)32(30,31)28-17-16-22-18-23(12-15-25(22)28)26(29)27-20(2)10-11-21-6-4-3-5-7-21/h3-9,12-15,18,20H,10-11,16-17H2,1-2H3,(H,27,29)/t20-/m0/s1. The Balaban J connectivity index is 1.44. The Morgan fingerprint density at radius 3 is 2.47 bits per heavy atom. The molecule has 5 nitrogen and oxygen atoms in total. The zero-order chi connectivity index (χ0) is 22.7. The fourth-order valence-corrected chi connectivity index (χ4v) is 5.51. The third-order valence-corrected chi connectivity index (χ3v) is 7.72. The third-order valence-electron chi connectivity index (χ3n) is 5.89. The van der Waals surface area contributed by atoms with Gasteiger partial charge in [-0.3, -0.25) is 9.10 Å². The van der Waals surface area contributed by atoms with Crippen molar-refractivity contribution in [2.45, 2.75) is 44.0 Å². The number of carbonyl (C=O) groups is 1. The molecule has 0 saturated heterocycles. The second-order valence-electron chi connectivity index (χ2n) is 8.38. The van der Waals surface area contributed by atoms with Gasteiger partial charge in [-0.1, -0.05) is 48.0 Å². The van der Waals surface area contributed by atoms with Gasteiger partial charge in [0, 0.05) is 18.2 Å². The molecule has 0 bridgehead atoms. The fraction of sp³-hybridized carbons (Fsp3) is 0.269. The van der Waals surface area contributed by atoms with Gasteiger partial charge in [0.05, 0.1) is 10.6 Å². The first-order chi connectivity index (χ1) is 15.3. The molecule has 6 heteroatoms. The van der Waals surface area contributed by atoms with E-state index < -0.39 is 10.0 Å². The molecule has 1 atom stereocenters. The molecular formula is C26H28N2O3S. The Morgan fingerprint density at radius 2 is 1.75 bits per heavy atom. The Morgan fingerprint density at radius 1 is 1.03 bits per heavy atom. The first kappa shape index (κ1) is 22.1. The Kier molecular flexibility index (Phi) is 6.33. The summed E-state index contributed by atoms with van der Waals surface area (Å²) in [5.41, 5.74) is 4.36. The largest absolute Gasteiger partial charge is 0.350 e. The van der Waals surface area contributed by atoms with E-state index in [4.69, 9.17) is 0 Å². The van der Waals surface area contributed by atoms with E-state index in [1.807, 2.05) is 38.1 Å². The molecule has 32 heavy (non-hydrogen) atoms. The fourth-order valence-electron chi connectivity index (χ4n) is 4.01. The summed E-state index contributed by atoms with van der Waals surface area (Å²) in [7, 11) is -3.62. The van der Waals surface area contributed by atoms with E-state index in [0.29, 0.717) is 24.2 Å². The number of sulfonamides is 1. The van der Waals surface area contributed by atoms with Crippen molar-refractivity contribution in [2.75, 3.05) is 10.8 Å². The minimum absolute atomic E-state index is 0.0365. The summed E-state index contributed by atoms with van der Waals surface area (Å²) in [6, 6.07) is 22.4. The number of anilines is 1. The van der Waals surface area contributed by atoms with Gasteiger partial charge in [-0.2, -0.15) is 0 Å². The average molecular weight is 449 g/mol. The lowest BCUT2D eigenvalue weighted by atomic mass is 10.0. The number of amides is 1. The van der Waals surface area contributed by atoms with Gasteiger partial charge in [-0.05, 0) is 74.6 Å². The minimum Gasteiger partial charge on any atom is -0.350 e. The van der Waals surface area contributed by atoms with Gasteiger partial charge in [-0.25, -0.2) is 8.42 Å². The lowest BCUT2D eigenvalue weighted by molar-refractivity contribution is 0.0938. The molecule has 0 aromatic heterocycles. The van der Waals surface area contributed by atoms with Crippen molar-refractivity contribution in [3.63, 3.8) is 0 Å². The lowest BCUT2D eigenvalue weighted by Gasteiger charge is -2.20. The zero-order valence-corrected chi connectivity index (χ0v) is 19.2. The van der Waals surface area contributed by atoms with Crippen molar-refractivity contribution in [3.05, 3.63) is 95.1 Å². The maximum atomic E-state index is 13.1. The monoisotopic (exact) mass is 448 g/mol. The Bertz CT molecular complexity index is 1210. The quantitative estimate of drug-likeness (QED) is 0.579. The summed E-state index contributed by atoms with van der Waals surface area (Å²) >= 11 is 0. The summed E-state index contributed by atoms with van der Waals surface area (Å²) in [6.07, 6.45) is 2.34. The molecule has 1 aliphatic rings. The molecule has 0 saturated carbocycles. The van der Waals surface area contributed by atoms with Crippen LogP contribution in [0.25, 0.3) is 0 Å². The van der Waals surface area contributed by atoms with E-state index in [-0.39, 0.29) is 16.8 Å². The van der Waals surface area contributed by atoms with Crippen LogP contribution in [-0.2, 0) is 22.9 Å². The average Bonchev–Trinajstić information content (AvgIpc) is 3.23. The predicted molar refractivity (Wildman–Crippen MR) is 128 cm³/mol. The molecule has 0 aliphatic carbocycles. The Labute approximate surface area is 190 Å². The van der Waals surface area contributed by atoms with Crippen molar-refractivity contribution in [1.29, 1.82) is 0 Å². The summed E-state index contributed by atoms with van der Waals surface area (Å²) in [6.45, 7) is 4.31. The highest BCUT2D eigenvalue weighted by atomic mass is 32.2. The molecule has 4 rings (SSSR count). The van der Waals surface area contributed by atoms with E-state index >= 15 is 0 Å².